The zero-order valence-electron chi connectivity index (χ0n) is 21.0. The fourth-order valence-electron chi connectivity index (χ4n) is 5.22. The summed E-state index contributed by atoms with van der Waals surface area (Å²) >= 11 is 7.94. The summed E-state index contributed by atoms with van der Waals surface area (Å²) in [5.41, 5.74) is 3.71. The molecule has 1 heterocycles. The molecule has 0 aromatic heterocycles. The number of hydrogen-bond acceptors (Lipinski definition) is 3. The summed E-state index contributed by atoms with van der Waals surface area (Å²) in [7, 11) is 1.82. The van der Waals surface area contributed by atoms with Crippen LogP contribution in [0.15, 0.2) is 83.8 Å². The second-order valence-corrected chi connectivity index (χ2v) is 11.6. The molecule has 3 aromatic carbocycles. The molecule has 190 valence electrons. The molecule has 6 heteroatoms. The Labute approximate surface area is 228 Å². The highest BCUT2D eigenvalue weighted by atomic mass is 35.5. The number of rotatable bonds is 6. The number of amides is 2. The van der Waals surface area contributed by atoms with E-state index in [0.29, 0.717) is 28.9 Å². The molecule has 37 heavy (non-hydrogen) atoms. The molecule has 5 rings (SSSR count). The van der Waals surface area contributed by atoms with Gasteiger partial charge in [-0.1, -0.05) is 79.0 Å². The second-order valence-electron chi connectivity index (χ2n) is 9.85. The average molecular weight is 531 g/mol. The third kappa shape index (κ3) is 6.11. The Morgan fingerprint density at radius 3 is 2.49 bits per heavy atom. The molecule has 4 nitrogen and oxygen atoms in total. The van der Waals surface area contributed by atoms with Crippen LogP contribution in [-0.4, -0.2) is 40.0 Å². The molecule has 0 N–H and O–H groups in total. The highest BCUT2D eigenvalue weighted by Crippen LogP contribution is 2.42. The molecule has 2 aliphatic rings. The maximum atomic E-state index is 13.7. The third-order valence-corrected chi connectivity index (χ3v) is 8.76. The van der Waals surface area contributed by atoms with Crippen LogP contribution >= 0.6 is 23.4 Å². The first-order valence-corrected chi connectivity index (χ1v) is 14.1. The molecule has 1 aliphatic heterocycles. The van der Waals surface area contributed by atoms with Crippen molar-refractivity contribution in [2.45, 2.75) is 50.1 Å². The number of benzene rings is 3. The van der Waals surface area contributed by atoms with Crippen molar-refractivity contribution in [3.05, 3.63) is 111 Å². The molecule has 0 spiro atoms. The molecule has 1 saturated carbocycles. The number of nitrogens with zero attached hydrogens (tertiary/aromatic N) is 2. The van der Waals surface area contributed by atoms with Crippen molar-refractivity contribution in [1.82, 2.24) is 9.80 Å². The van der Waals surface area contributed by atoms with Crippen LogP contribution in [0.5, 0.6) is 0 Å². The number of carbonyl (C=O) groups excluding carboxylic acids is 2. The summed E-state index contributed by atoms with van der Waals surface area (Å²) < 4.78 is 0. The van der Waals surface area contributed by atoms with E-state index in [1.807, 2.05) is 96.9 Å². The van der Waals surface area contributed by atoms with Crippen molar-refractivity contribution in [2.75, 3.05) is 7.05 Å². The van der Waals surface area contributed by atoms with Gasteiger partial charge in [0.05, 0.1) is 4.91 Å². The van der Waals surface area contributed by atoms with Gasteiger partial charge in [0.15, 0.2) is 0 Å². The molecule has 2 atom stereocenters. The minimum Gasteiger partial charge on any atom is -0.337 e. The molecule has 2 amide bonds. The zero-order valence-corrected chi connectivity index (χ0v) is 22.5. The van der Waals surface area contributed by atoms with Crippen LogP contribution < -0.4 is 0 Å². The van der Waals surface area contributed by atoms with Gasteiger partial charge in [0.2, 0.25) is 0 Å². The van der Waals surface area contributed by atoms with E-state index in [0.717, 1.165) is 40.9 Å². The summed E-state index contributed by atoms with van der Waals surface area (Å²) in [6.45, 7) is 1.13. The maximum absolute atomic E-state index is 13.7. The van der Waals surface area contributed by atoms with E-state index >= 15 is 0 Å². The Morgan fingerprint density at radius 2 is 1.73 bits per heavy atom. The standard InChI is InChI=1S/C31H31ClN2O2S/c1-33(20-23-8-3-2-4-9-23)30(35)25-16-14-22(15-17-25)19-29-31(36)34(21-24-10-7-11-26(32)18-24)27-12-5-6-13-28(27)37-29/h2-4,7-11,14-19,27-28H,5-6,12-13,20-21H2,1H3/b29-19+. The quantitative estimate of drug-likeness (QED) is 0.321. The summed E-state index contributed by atoms with van der Waals surface area (Å²) in [5.74, 6) is 0.0554. The van der Waals surface area contributed by atoms with Crippen LogP contribution in [-0.2, 0) is 17.9 Å². The van der Waals surface area contributed by atoms with E-state index in [9.17, 15) is 9.59 Å². The molecule has 1 saturated heterocycles. The first-order valence-electron chi connectivity index (χ1n) is 12.8. The monoisotopic (exact) mass is 530 g/mol. The van der Waals surface area contributed by atoms with Gasteiger partial charge in [-0.15, -0.1) is 11.8 Å². The SMILES string of the molecule is CN(Cc1ccccc1)C(=O)c1ccc(/C=C2/SC3CCCCC3N(Cc3cccc(Cl)c3)C2=O)cc1. The lowest BCUT2D eigenvalue weighted by Crippen LogP contribution is -2.50. The number of thioether (sulfide) groups is 1. The van der Waals surface area contributed by atoms with E-state index in [4.69, 9.17) is 11.6 Å². The average Bonchev–Trinajstić information content (AvgIpc) is 2.91. The molecule has 0 radical (unpaired) electrons. The largest absolute Gasteiger partial charge is 0.337 e. The van der Waals surface area contributed by atoms with Crippen molar-refractivity contribution in [2.24, 2.45) is 0 Å². The summed E-state index contributed by atoms with van der Waals surface area (Å²) in [5, 5.41) is 1.10. The Bertz CT molecular complexity index is 1290. The lowest BCUT2D eigenvalue weighted by molar-refractivity contribution is -0.130. The number of halogens is 1. The maximum Gasteiger partial charge on any atom is 0.260 e. The van der Waals surface area contributed by atoms with E-state index < -0.39 is 0 Å². The van der Waals surface area contributed by atoms with E-state index in [2.05, 4.69) is 0 Å². The van der Waals surface area contributed by atoms with Gasteiger partial charge >= 0.3 is 0 Å². The molecule has 1 aliphatic carbocycles. The van der Waals surface area contributed by atoms with Crippen LogP contribution in [0, 0.1) is 0 Å². The predicted octanol–water partition coefficient (Wildman–Crippen LogP) is 7.04. The summed E-state index contributed by atoms with van der Waals surface area (Å²) in [4.78, 5) is 31.1. The van der Waals surface area contributed by atoms with Gasteiger partial charge in [-0.3, -0.25) is 9.59 Å². The van der Waals surface area contributed by atoms with E-state index in [1.54, 1.807) is 16.7 Å². The van der Waals surface area contributed by atoms with Gasteiger partial charge < -0.3 is 9.80 Å². The normalized spacial score (nSPS) is 20.5. The highest BCUT2D eigenvalue weighted by molar-refractivity contribution is 8.04. The van der Waals surface area contributed by atoms with E-state index in [-0.39, 0.29) is 17.9 Å². The van der Waals surface area contributed by atoms with Gasteiger partial charge in [-0.05, 0) is 59.9 Å². The minimum absolute atomic E-state index is 0.0241. The van der Waals surface area contributed by atoms with Gasteiger partial charge in [-0.25, -0.2) is 0 Å². The Balaban J connectivity index is 1.33. The van der Waals surface area contributed by atoms with Crippen molar-refractivity contribution < 1.29 is 9.59 Å². The summed E-state index contributed by atoms with van der Waals surface area (Å²) in [6.07, 6.45) is 6.50. The first-order chi connectivity index (χ1) is 18.0. The minimum atomic E-state index is -0.0241. The number of fused-ring (bicyclic) bond motifs is 1. The third-order valence-electron chi connectivity index (χ3n) is 7.12. The smallest absolute Gasteiger partial charge is 0.260 e. The number of hydrogen-bond donors (Lipinski definition) is 0. The van der Waals surface area contributed by atoms with Gasteiger partial charge in [-0.2, -0.15) is 0 Å². The predicted molar refractivity (Wildman–Crippen MR) is 152 cm³/mol. The lowest BCUT2D eigenvalue weighted by atomic mass is 9.92. The van der Waals surface area contributed by atoms with Crippen molar-refractivity contribution >= 4 is 41.3 Å². The topological polar surface area (TPSA) is 40.6 Å². The van der Waals surface area contributed by atoms with Crippen molar-refractivity contribution in [3.63, 3.8) is 0 Å². The summed E-state index contributed by atoms with van der Waals surface area (Å²) in [6, 6.07) is 25.6. The van der Waals surface area contributed by atoms with Gasteiger partial charge in [0.1, 0.15) is 0 Å². The molecule has 3 aromatic rings. The van der Waals surface area contributed by atoms with Gasteiger partial charge in [0.25, 0.3) is 11.8 Å². The number of carbonyl (C=O) groups is 2. The van der Waals surface area contributed by atoms with Crippen molar-refractivity contribution in [1.29, 1.82) is 0 Å². The highest BCUT2D eigenvalue weighted by Gasteiger charge is 2.40. The van der Waals surface area contributed by atoms with Crippen LogP contribution in [0.25, 0.3) is 6.08 Å². The molecule has 2 unspecified atom stereocenters. The second kappa shape index (κ2) is 11.6. The molecular formula is C31H31ClN2O2S. The Morgan fingerprint density at radius 1 is 1.00 bits per heavy atom. The molecule has 0 bridgehead atoms. The molecular weight excluding hydrogens is 500 g/mol. The van der Waals surface area contributed by atoms with Crippen LogP contribution in [0.4, 0.5) is 0 Å². The Kier molecular flexibility index (Phi) is 8.02. The van der Waals surface area contributed by atoms with E-state index in [1.165, 1.54) is 6.42 Å². The van der Waals surface area contributed by atoms with Crippen LogP contribution in [0.2, 0.25) is 5.02 Å². The lowest BCUT2D eigenvalue weighted by Gasteiger charge is -2.44. The van der Waals surface area contributed by atoms with Crippen LogP contribution in [0.1, 0.15) is 52.7 Å². The van der Waals surface area contributed by atoms with Gasteiger partial charge in [0, 0.05) is 42.0 Å². The Hall–Kier alpha value is -3.02. The zero-order chi connectivity index (χ0) is 25.8. The molecule has 2 fully saturated rings. The fourth-order valence-corrected chi connectivity index (χ4v) is 6.90. The fraction of sp³-hybridized carbons (Fsp3) is 0.290. The van der Waals surface area contributed by atoms with Crippen LogP contribution in [0.3, 0.4) is 0 Å². The van der Waals surface area contributed by atoms with Crippen molar-refractivity contribution in [3.8, 4) is 0 Å². The first kappa shape index (κ1) is 25.6.